The van der Waals surface area contributed by atoms with Gasteiger partial charge in [0.2, 0.25) is 11.1 Å². The lowest BCUT2D eigenvalue weighted by Gasteiger charge is -2.41. The van der Waals surface area contributed by atoms with Crippen LogP contribution in [0.2, 0.25) is 0 Å². The van der Waals surface area contributed by atoms with Crippen molar-refractivity contribution in [3.63, 3.8) is 0 Å². The maximum Gasteiger partial charge on any atom is 0.233 e. The molecular formula is C17H23N5OS2. The van der Waals surface area contributed by atoms with Gasteiger partial charge in [0.05, 0.1) is 12.3 Å². The largest absolute Gasteiger partial charge is 0.342 e. The summed E-state index contributed by atoms with van der Waals surface area (Å²) >= 11 is 3.13. The second kappa shape index (κ2) is 7.86. The number of amides is 1. The average Bonchev–Trinajstić information content (AvgIpc) is 3.32. The Balaban J connectivity index is 1.31. The van der Waals surface area contributed by atoms with E-state index in [2.05, 4.69) is 26.5 Å². The number of rotatable bonds is 5. The summed E-state index contributed by atoms with van der Waals surface area (Å²) in [5.74, 6) is 2.21. The zero-order valence-electron chi connectivity index (χ0n) is 14.2. The van der Waals surface area contributed by atoms with Gasteiger partial charge in [0.25, 0.3) is 0 Å². The van der Waals surface area contributed by atoms with Crippen LogP contribution in [0, 0.1) is 11.8 Å². The number of carbonyl (C=O) groups is 1. The fourth-order valence-electron chi connectivity index (χ4n) is 3.99. The molecule has 0 N–H and O–H groups in total. The van der Waals surface area contributed by atoms with Crippen molar-refractivity contribution in [2.45, 2.75) is 43.8 Å². The van der Waals surface area contributed by atoms with E-state index in [0.717, 1.165) is 24.9 Å². The smallest absolute Gasteiger partial charge is 0.233 e. The van der Waals surface area contributed by atoms with Crippen molar-refractivity contribution in [3.8, 4) is 0 Å². The molecule has 1 amide bonds. The van der Waals surface area contributed by atoms with E-state index in [4.69, 9.17) is 0 Å². The standard InChI is InChI=1S/C17H23N5OS2/c23-16(21-8-7-13-4-1-2-5-14(13)10-21)12-25-17-18-19-20-22(17)11-15-6-3-9-24-15/h3,6,9,13-14H,1-2,4-5,7-8,10-12H2/t13-,14+/m0/s1. The molecule has 4 rings (SSSR count). The first-order valence-corrected chi connectivity index (χ1v) is 10.9. The minimum atomic E-state index is 0.222. The number of carbonyl (C=O) groups excluding carboxylic acids is 1. The molecule has 6 nitrogen and oxygen atoms in total. The highest BCUT2D eigenvalue weighted by Crippen LogP contribution is 2.36. The molecule has 2 aliphatic rings. The van der Waals surface area contributed by atoms with E-state index < -0.39 is 0 Å². The molecule has 1 saturated heterocycles. The Labute approximate surface area is 156 Å². The van der Waals surface area contributed by atoms with Crippen LogP contribution in [0.15, 0.2) is 22.7 Å². The highest BCUT2D eigenvalue weighted by Gasteiger charge is 2.32. The molecule has 1 aliphatic heterocycles. The highest BCUT2D eigenvalue weighted by molar-refractivity contribution is 7.99. The molecule has 1 saturated carbocycles. The van der Waals surface area contributed by atoms with Crippen LogP contribution in [-0.4, -0.2) is 49.9 Å². The zero-order chi connectivity index (χ0) is 17.1. The molecule has 0 radical (unpaired) electrons. The third-order valence-electron chi connectivity index (χ3n) is 5.35. The average molecular weight is 378 g/mol. The van der Waals surface area contributed by atoms with E-state index in [1.807, 2.05) is 11.4 Å². The summed E-state index contributed by atoms with van der Waals surface area (Å²) in [6.07, 6.45) is 6.53. The lowest BCUT2D eigenvalue weighted by molar-refractivity contribution is -0.131. The predicted molar refractivity (Wildman–Crippen MR) is 98.6 cm³/mol. The topological polar surface area (TPSA) is 63.9 Å². The summed E-state index contributed by atoms with van der Waals surface area (Å²) in [6, 6.07) is 4.09. The van der Waals surface area contributed by atoms with E-state index in [9.17, 15) is 4.79 Å². The molecule has 2 aromatic heterocycles. The maximum atomic E-state index is 12.6. The number of hydrogen-bond donors (Lipinski definition) is 0. The lowest BCUT2D eigenvalue weighted by Crippen LogP contribution is -2.45. The first-order valence-electron chi connectivity index (χ1n) is 8.99. The van der Waals surface area contributed by atoms with Crippen LogP contribution >= 0.6 is 23.1 Å². The number of thioether (sulfide) groups is 1. The van der Waals surface area contributed by atoms with Gasteiger partial charge in [-0.1, -0.05) is 37.1 Å². The molecule has 134 valence electrons. The van der Waals surface area contributed by atoms with Crippen LogP contribution in [0.1, 0.15) is 37.0 Å². The number of aromatic nitrogens is 4. The molecule has 2 fully saturated rings. The van der Waals surface area contributed by atoms with Gasteiger partial charge >= 0.3 is 0 Å². The molecule has 2 aromatic rings. The van der Waals surface area contributed by atoms with Crippen molar-refractivity contribution in [3.05, 3.63) is 22.4 Å². The van der Waals surface area contributed by atoms with E-state index in [-0.39, 0.29) is 5.91 Å². The highest BCUT2D eigenvalue weighted by atomic mass is 32.2. The van der Waals surface area contributed by atoms with Crippen LogP contribution in [0.5, 0.6) is 0 Å². The van der Waals surface area contributed by atoms with Crippen molar-refractivity contribution in [2.24, 2.45) is 11.8 Å². The van der Waals surface area contributed by atoms with Gasteiger partial charge < -0.3 is 4.90 Å². The minimum absolute atomic E-state index is 0.222. The van der Waals surface area contributed by atoms with E-state index in [0.29, 0.717) is 17.5 Å². The number of thiophene rings is 1. The van der Waals surface area contributed by atoms with Crippen molar-refractivity contribution in [1.29, 1.82) is 0 Å². The number of tetrazole rings is 1. The second-order valence-electron chi connectivity index (χ2n) is 6.92. The summed E-state index contributed by atoms with van der Waals surface area (Å²) < 4.78 is 1.77. The van der Waals surface area contributed by atoms with Gasteiger partial charge in [-0.25, -0.2) is 4.68 Å². The number of likely N-dealkylation sites (tertiary alicyclic amines) is 1. The Morgan fingerprint density at radius 2 is 2.16 bits per heavy atom. The summed E-state index contributed by atoms with van der Waals surface area (Å²) in [5, 5.41) is 14.7. The number of fused-ring (bicyclic) bond motifs is 1. The number of piperidine rings is 1. The van der Waals surface area contributed by atoms with Crippen LogP contribution in [0.4, 0.5) is 0 Å². The monoisotopic (exact) mass is 377 g/mol. The molecule has 8 heteroatoms. The quantitative estimate of drug-likeness (QED) is 0.750. The second-order valence-corrected chi connectivity index (χ2v) is 8.89. The Bertz CT molecular complexity index is 702. The van der Waals surface area contributed by atoms with Crippen LogP contribution in [0.25, 0.3) is 0 Å². The third kappa shape index (κ3) is 4.06. The molecule has 0 unspecified atom stereocenters. The fourth-order valence-corrected chi connectivity index (χ4v) is 5.46. The number of hydrogen-bond acceptors (Lipinski definition) is 6. The van der Waals surface area contributed by atoms with Crippen molar-refractivity contribution >= 4 is 29.0 Å². The van der Waals surface area contributed by atoms with E-state index in [1.165, 1.54) is 48.7 Å². The first-order chi connectivity index (χ1) is 12.3. The van der Waals surface area contributed by atoms with E-state index in [1.54, 1.807) is 16.0 Å². The predicted octanol–water partition coefficient (Wildman–Crippen LogP) is 2.91. The Kier molecular flexibility index (Phi) is 5.36. The van der Waals surface area contributed by atoms with Crippen molar-refractivity contribution < 1.29 is 4.79 Å². The minimum Gasteiger partial charge on any atom is -0.342 e. The molecule has 1 aliphatic carbocycles. The first kappa shape index (κ1) is 17.0. The van der Waals surface area contributed by atoms with Gasteiger partial charge in [-0.2, -0.15) is 0 Å². The van der Waals surface area contributed by atoms with Crippen LogP contribution in [0.3, 0.4) is 0 Å². The Morgan fingerprint density at radius 1 is 1.28 bits per heavy atom. The van der Waals surface area contributed by atoms with E-state index >= 15 is 0 Å². The lowest BCUT2D eigenvalue weighted by atomic mass is 9.75. The Morgan fingerprint density at radius 3 is 3.00 bits per heavy atom. The van der Waals surface area contributed by atoms with Gasteiger partial charge in [0, 0.05) is 18.0 Å². The molecule has 0 aromatic carbocycles. The summed E-state index contributed by atoms with van der Waals surface area (Å²) in [5.41, 5.74) is 0. The zero-order valence-corrected chi connectivity index (χ0v) is 15.8. The van der Waals surface area contributed by atoms with Gasteiger partial charge in [-0.05, 0) is 46.6 Å². The SMILES string of the molecule is O=C(CSc1nnnn1Cc1cccs1)N1CC[C@@H]2CCCC[C@@H]2C1. The van der Waals surface area contributed by atoms with Crippen molar-refractivity contribution in [2.75, 3.05) is 18.8 Å². The summed E-state index contributed by atoms with van der Waals surface area (Å²) in [4.78, 5) is 15.9. The maximum absolute atomic E-state index is 12.6. The Hall–Kier alpha value is -1.41. The normalized spacial score (nSPS) is 23.4. The third-order valence-corrected chi connectivity index (χ3v) is 7.16. The van der Waals surface area contributed by atoms with Crippen molar-refractivity contribution in [1.82, 2.24) is 25.1 Å². The van der Waals surface area contributed by atoms with Gasteiger partial charge in [0.15, 0.2) is 0 Å². The van der Waals surface area contributed by atoms with Crippen LogP contribution < -0.4 is 0 Å². The molecule has 2 atom stereocenters. The molecule has 0 spiro atoms. The molecule has 3 heterocycles. The molecule has 0 bridgehead atoms. The summed E-state index contributed by atoms with van der Waals surface area (Å²) in [6.45, 7) is 2.53. The molecule has 25 heavy (non-hydrogen) atoms. The van der Waals surface area contributed by atoms with Gasteiger partial charge in [0.1, 0.15) is 0 Å². The fraction of sp³-hybridized carbons (Fsp3) is 0.647. The van der Waals surface area contributed by atoms with Gasteiger partial charge in [-0.15, -0.1) is 16.4 Å². The van der Waals surface area contributed by atoms with Gasteiger partial charge in [-0.3, -0.25) is 4.79 Å². The van der Waals surface area contributed by atoms with Crippen LogP contribution in [-0.2, 0) is 11.3 Å². The summed E-state index contributed by atoms with van der Waals surface area (Å²) in [7, 11) is 0. The molecular weight excluding hydrogens is 354 g/mol. The number of nitrogens with zero attached hydrogens (tertiary/aromatic N) is 5.